The lowest BCUT2D eigenvalue weighted by atomic mass is 10.1. The molecule has 1 heterocycles. The molecular weight excluding hydrogens is 481 g/mol. The van der Waals surface area contributed by atoms with Gasteiger partial charge >= 0.3 is 0 Å². The Morgan fingerprint density at radius 2 is 1.93 bits per heavy atom. The monoisotopic (exact) mass is 510 g/mol. The summed E-state index contributed by atoms with van der Waals surface area (Å²) < 4.78 is 25.2. The number of aliphatic imine (C=N–C) groups is 1. The van der Waals surface area contributed by atoms with Gasteiger partial charge in [0.15, 0.2) is 5.96 Å². The summed E-state index contributed by atoms with van der Waals surface area (Å²) in [6.07, 6.45) is 1.92. The first kappa shape index (κ1) is 22.7. The third-order valence-electron chi connectivity index (χ3n) is 5.01. The summed E-state index contributed by atoms with van der Waals surface area (Å²) in [5.74, 6) is 0.817. The molecule has 1 aliphatic heterocycles. The largest absolute Gasteiger partial charge is 0.355 e. The predicted octanol–water partition coefficient (Wildman–Crippen LogP) is 3.82. The summed E-state index contributed by atoms with van der Waals surface area (Å²) in [4.78, 5) is 7.49. The molecule has 152 valence electrons. The first-order valence-corrected chi connectivity index (χ1v) is 10.1. The zero-order valence-corrected chi connectivity index (χ0v) is 18.8. The molecule has 0 spiro atoms. The van der Waals surface area contributed by atoms with E-state index in [1.807, 2.05) is 22.7 Å². The van der Waals surface area contributed by atoms with Crippen molar-refractivity contribution < 1.29 is 8.78 Å². The molecule has 1 saturated heterocycles. The van der Waals surface area contributed by atoms with Gasteiger partial charge in [0.2, 0.25) is 0 Å². The van der Waals surface area contributed by atoms with E-state index in [2.05, 4.69) is 39.9 Å². The molecule has 0 aromatic heterocycles. The summed E-state index contributed by atoms with van der Waals surface area (Å²) in [5, 5.41) is 6.93. The van der Waals surface area contributed by atoms with Gasteiger partial charge in [-0.05, 0) is 37.8 Å². The Morgan fingerprint density at radius 1 is 1.26 bits per heavy atom. The van der Waals surface area contributed by atoms with Crippen molar-refractivity contribution in [1.82, 2.24) is 15.5 Å². The summed E-state index contributed by atoms with van der Waals surface area (Å²) in [6.45, 7) is 2.20. The van der Waals surface area contributed by atoms with Gasteiger partial charge in [0.1, 0.15) is 0 Å². The molecule has 4 nitrogen and oxygen atoms in total. The molecule has 2 fully saturated rings. The van der Waals surface area contributed by atoms with Crippen LogP contribution in [0.1, 0.15) is 25.7 Å². The Labute approximate surface area is 182 Å². The van der Waals surface area contributed by atoms with Crippen LogP contribution in [0.5, 0.6) is 0 Å². The van der Waals surface area contributed by atoms with Crippen molar-refractivity contribution in [2.45, 2.75) is 47.8 Å². The normalized spacial score (nSPS) is 20.2. The minimum absolute atomic E-state index is 0. The van der Waals surface area contributed by atoms with Crippen molar-refractivity contribution in [3.63, 3.8) is 0 Å². The van der Waals surface area contributed by atoms with Crippen LogP contribution in [-0.2, 0) is 0 Å². The molecule has 2 N–H and O–H groups in total. The molecule has 1 saturated carbocycles. The average Bonchev–Trinajstić information content (AvgIpc) is 3.40. The zero-order chi connectivity index (χ0) is 18.4. The van der Waals surface area contributed by atoms with E-state index in [9.17, 15) is 8.78 Å². The minimum Gasteiger partial charge on any atom is -0.355 e. The Hall–Kier alpha value is -0.610. The van der Waals surface area contributed by atoms with Gasteiger partial charge in [-0.25, -0.2) is 8.78 Å². The maximum Gasteiger partial charge on any atom is 0.251 e. The van der Waals surface area contributed by atoms with Crippen molar-refractivity contribution in [2.24, 2.45) is 4.99 Å². The number of thioether (sulfide) groups is 1. The molecule has 3 rings (SSSR count). The molecule has 0 unspecified atom stereocenters. The molecule has 0 radical (unpaired) electrons. The van der Waals surface area contributed by atoms with Gasteiger partial charge < -0.3 is 10.6 Å². The van der Waals surface area contributed by atoms with Crippen molar-refractivity contribution >= 4 is 41.7 Å². The van der Waals surface area contributed by atoms with Crippen LogP contribution in [0.25, 0.3) is 0 Å². The Bertz CT molecular complexity index is 591. The third-order valence-corrected chi connectivity index (χ3v) is 6.50. The first-order valence-electron chi connectivity index (χ1n) is 9.30. The second-order valence-electron chi connectivity index (χ2n) is 7.13. The standard InChI is InChI=1S/C19H28F2N4S.HI/c1-22-18(24-15-7-11-25(12-8-15)13-17(20)21)23-14-19(9-10-19)26-16-5-3-2-4-6-16;/h2-6,15,17H,7-14H2,1H3,(H2,22,23,24);1H. The Morgan fingerprint density at radius 3 is 2.48 bits per heavy atom. The fourth-order valence-corrected chi connectivity index (χ4v) is 4.52. The van der Waals surface area contributed by atoms with Crippen molar-refractivity contribution in [3.8, 4) is 0 Å². The molecule has 1 aromatic carbocycles. The number of alkyl halides is 2. The van der Waals surface area contributed by atoms with Gasteiger partial charge in [-0.15, -0.1) is 35.7 Å². The SMILES string of the molecule is CN=C(NCC1(Sc2ccccc2)CC1)NC1CCN(CC(F)F)CC1.I. The quantitative estimate of drug-likeness (QED) is 0.333. The number of hydrogen-bond acceptors (Lipinski definition) is 3. The molecule has 0 bridgehead atoms. The highest BCUT2D eigenvalue weighted by molar-refractivity contribution is 14.0. The van der Waals surface area contributed by atoms with E-state index in [1.165, 1.54) is 17.7 Å². The maximum atomic E-state index is 12.5. The number of nitrogens with one attached hydrogen (secondary N) is 2. The van der Waals surface area contributed by atoms with E-state index in [-0.39, 0.29) is 35.3 Å². The number of nitrogens with zero attached hydrogens (tertiary/aromatic N) is 2. The molecule has 0 amide bonds. The van der Waals surface area contributed by atoms with E-state index >= 15 is 0 Å². The average molecular weight is 510 g/mol. The highest BCUT2D eigenvalue weighted by atomic mass is 127. The lowest BCUT2D eigenvalue weighted by molar-refractivity contribution is 0.0744. The lowest BCUT2D eigenvalue weighted by Crippen LogP contribution is -2.50. The molecule has 2 aliphatic rings. The molecule has 0 atom stereocenters. The highest BCUT2D eigenvalue weighted by Gasteiger charge is 2.43. The first-order chi connectivity index (χ1) is 12.6. The van der Waals surface area contributed by atoms with E-state index in [4.69, 9.17) is 0 Å². The van der Waals surface area contributed by atoms with E-state index in [0.29, 0.717) is 19.1 Å². The number of halogens is 3. The van der Waals surface area contributed by atoms with Crippen LogP contribution in [-0.4, -0.2) is 61.3 Å². The van der Waals surface area contributed by atoms with Gasteiger partial charge in [0, 0.05) is 42.4 Å². The van der Waals surface area contributed by atoms with Crippen LogP contribution >= 0.6 is 35.7 Å². The smallest absolute Gasteiger partial charge is 0.251 e. The summed E-state index contributed by atoms with van der Waals surface area (Å²) in [5.41, 5.74) is 0. The van der Waals surface area contributed by atoms with E-state index in [0.717, 1.165) is 25.3 Å². The number of benzene rings is 1. The third kappa shape index (κ3) is 7.38. The fourth-order valence-electron chi connectivity index (χ4n) is 3.28. The number of rotatable bonds is 7. The maximum absolute atomic E-state index is 12.5. The topological polar surface area (TPSA) is 39.7 Å². The fraction of sp³-hybridized carbons (Fsp3) is 0.632. The van der Waals surface area contributed by atoms with Crippen LogP contribution in [0, 0.1) is 0 Å². The minimum atomic E-state index is -2.24. The van der Waals surface area contributed by atoms with Crippen molar-refractivity contribution in [1.29, 1.82) is 0 Å². The Kier molecular flexibility index (Phi) is 9.07. The zero-order valence-electron chi connectivity index (χ0n) is 15.7. The summed E-state index contributed by atoms with van der Waals surface area (Å²) in [6, 6.07) is 10.8. The van der Waals surface area contributed by atoms with Crippen LogP contribution in [0.3, 0.4) is 0 Å². The molecule has 27 heavy (non-hydrogen) atoms. The second kappa shape index (κ2) is 10.8. The van der Waals surface area contributed by atoms with Gasteiger partial charge in [0.05, 0.1) is 6.54 Å². The van der Waals surface area contributed by atoms with E-state index in [1.54, 1.807) is 7.05 Å². The Balaban J connectivity index is 0.00000261. The van der Waals surface area contributed by atoms with Crippen LogP contribution < -0.4 is 10.6 Å². The van der Waals surface area contributed by atoms with Crippen LogP contribution in [0.15, 0.2) is 40.2 Å². The predicted molar refractivity (Wildman–Crippen MR) is 120 cm³/mol. The van der Waals surface area contributed by atoms with Crippen LogP contribution in [0.4, 0.5) is 8.78 Å². The molecular formula is C19H29F2IN4S. The molecule has 8 heteroatoms. The van der Waals surface area contributed by atoms with Gasteiger partial charge in [0.25, 0.3) is 6.43 Å². The van der Waals surface area contributed by atoms with Crippen molar-refractivity contribution in [2.75, 3.05) is 33.2 Å². The second-order valence-corrected chi connectivity index (χ2v) is 8.68. The summed E-state index contributed by atoms with van der Waals surface area (Å²) >= 11 is 1.94. The number of likely N-dealkylation sites (tertiary alicyclic amines) is 1. The van der Waals surface area contributed by atoms with Gasteiger partial charge in [-0.2, -0.15) is 0 Å². The number of hydrogen-bond donors (Lipinski definition) is 2. The van der Waals surface area contributed by atoms with Crippen molar-refractivity contribution in [3.05, 3.63) is 30.3 Å². The summed E-state index contributed by atoms with van der Waals surface area (Å²) in [7, 11) is 1.78. The highest BCUT2D eigenvalue weighted by Crippen LogP contribution is 2.51. The van der Waals surface area contributed by atoms with Gasteiger partial charge in [-0.1, -0.05) is 18.2 Å². The molecule has 1 aliphatic carbocycles. The number of guanidine groups is 1. The molecule has 1 aromatic rings. The number of piperidine rings is 1. The van der Waals surface area contributed by atoms with Crippen LogP contribution in [0.2, 0.25) is 0 Å². The van der Waals surface area contributed by atoms with Gasteiger partial charge in [-0.3, -0.25) is 9.89 Å². The van der Waals surface area contributed by atoms with E-state index < -0.39 is 6.43 Å². The lowest BCUT2D eigenvalue weighted by Gasteiger charge is -2.33.